The molecule has 0 amide bonds. The first-order valence-corrected chi connectivity index (χ1v) is 6.80. The van der Waals surface area contributed by atoms with Gasteiger partial charge in [0.1, 0.15) is 18.2 Å². The molecular formula is C13H22N4O2. The SMILES string of the molecule is CCOCc1nc(N)cc(N2CCCC(CO)C2)n1. The van der Waals surface area contributed by atoms with Crippen molar-refractivity contribution in [2.45, 2.75) is 26.4 Å². The lowest BCUT2D eigenvalue weighted by Gasteiger charge is -2.32. The molecule has 1 aliphatic rings. The molecule has 0 radical (unpaired) electrons. The van der Waals surface area contributed by atoms with Gasteiger partial charge in [-0.2, -0.15) is 0 Å². The molecule has 19 heavy (non-hydrogen) atoms. The minimum Gasteiger partial charge on any atom is -0.396 e. The largest absolute Gasteiger partial charge is 0.396 e. The van der Waals surface area contributed by atoms with E-state index in [1.54, 1.807) is 6.07 Å². The van der Waals surface area contributed by atoms with Gasteiger partial charge in [-0.1, -0.05) is 0 Å². The van der Waals surface area contributed by atoms with Gasteiger partial charge in [0.05, 0.1) is 0 Å². The maximum atomic E-state index is 9.28. The zero-order valence-corrected chi connectivity index (χ0v) is 11.4. The highest BCUT2D eigenvalue weighted by Gasteiger charge is 2.21. The summed E-state index contributed by atoms with van der Waals surface area (Å²) in [5.74, 6) is 2.23. The average molecular weight is 266 g/mol. The van der Waals surface area contributed by atoms with E-state index in [0.717, 1.165) is 31.7 Å². The molecule has 1 fully saturated rings. The summed E-state index contributed by atoms with van der Waals surface area (Å²) in [4.78, 5) is 10.8. The molecule has 1 atom stereocenters. The Morgan fingerprint density at radius 2 is 2.37 bits per heavy atom. The highest BCUT2D eigenvalue weighted by atomic mass is 16.5. The third-order valence-electron chi connectivity index (χ3n) is 3.32. The van der Waals surface area contributed by atoms with Crippen LogP contribution >= 0.6 is 0 Å². The second kappa shape index (κ2) is 6.68. The van der Waals surface area contributed by atoms with Crippen LogP contribution in [0.2, 0.25) is 0 Å². The maximum absolute atomic E-state index is 9.28. The van der Waals surface area contributed by atoms with Crippen LogP contribution in [0.25, 0.3) is 0 Å². The Kier molecular flexibility index (Phi) is 4.93. The van der Waals surface area contributed by atoms with Gasteiger partial charge in [-0.15, -0.1) is 0 Å². The van der Waals surface area contributed by atoms with Crippen molar-refractivity contribution in [1.29, 1.82) is 0 Å². The predicted octanol–water partition coefficient (Wildman–Crippen LogP) is 0.804. The second-order valence-electron chi connectivity index (χ2n) is 4.84. The number of aliphatic hydroxyl groups excluding tert-OH is 1. The molecule has 1 aromatic rings. The van der Waals surface area contributed by atoms with E-state index in [4.69, 9.17) is 10.5 Å². The molecule has 1 aliphatic heterocycles. The summed E-state index contributed by atoms with van der Waals surface area (Å²) >= 11 is 0. The second-order valence-corrected chi connectivity index (χ2v) is 4.84. The number of hydrogen-bond donors (Lipinski definition) is 2. The van der Waals surface area contributed by atoms with Gasteiger partial charge in [-0.05, 0) is 25.7 Å². The Labute approximate surface area is 113 Å². The molecule has 3 N–H and O–H groups in total. The lowest BCUT2D eigenvalue weighted by Crippen LogP contribution is -2.37. The number of rotatable bonds is 5. The zero-order valence-electron chi connectivity index (χ0n) is 11.4. The van der Waals surface area contributed by atoms with Crippen molar-refractivity contribution in [3.63, 3.8) is 0 Å². The minimum absolute atomic E-state index is 0.225. The standard InChI is InChI=1S/C13H22N4O2/c1-2-19-9-12-15-11(14)6-13(16-12)17-5-3-4-10(7-17)8-18/h6,10,18H,2-5,7-9H2,1H3,(H2,14,15,16). The van der Waals surface area contributed by atoms with Crippen LogP contribution in [-0.2, 0) is 11.3 Å². The van der Waals surface area contributed by atoms with Crippen molar-refractivity contribution in [2.75, 3.05) is 36.9 Å². The Morgan fingerprint density at radius 3 is 3.11 bits per heavy atom. The van der Waals surface area contributed by atoms with Crippen molar-refractivity contribution >= 4 is 11.6 Å². The van der Waals surface area contributed by atoms with Crippen LogP contribution in [0.4, 0.5) is 11.6 Å². The summed E-state index contributed by atoms with van der Waals surface area (Å²) in [7, 11) is 0. The summed E-state index contributed by atoms with van der Waals surface area (Å²) in [6.45, 7) is 4.93. The molecule has 0 aromatic carbocycles. The summed E-state index contributed by atoms with van der Waals surface area (Å²) in [6, 6.07) is 1.79. The molecule has 2 rings (SSSR count). The molecule has 1 aromatic heterocycles. The molecule has 0 spiro atoms. The number of nitrogens with two attached hydrogens (primary N) is 1. The van der Waals surface area contributed by atoms with Gasteiger partial charge in [-0.3, -0.25) is 0 Å². The molecule has 2 heterocycles. The van der Waals surface area contributed by atoms with E-state index in [1.165, 1.54) is 0 Å². The lowest BCUT2D eigenvalue weighted by molar-refractivity contribution is 0.128. The third-order valence-corrected chi connectivity index (χ3v) is 3.32. The topological polar surface area (TPSA) is 84.5 Å². The van der Waals surface area contributed by atoms with Crippen LogP contribution in [0.3, 0.4) is 0 Å². The van der Waals surface area contributed by atoms with Crippen LogP contribution in [0.5, 0.6) is 0 Å². The minimum atomic E-state index is 0.225. The van der Waals surface area contributed by atoms with E-state index in [-0.39, 0.29) is 6.61 Å². The molecule has 0 aliphatic carbocycles. The number of nitrogen functional groups attached to an aromatic ring is 1. The Bertz CT molecular complexity index is 414. The molecule has 106 valence electrons. The number of aliphatic hydroxyl groups is 1. The van der Waals surface area contributed by atoms with E-state index in [2.05, 4.69) is 14.9 Å². The van der Waals surface area contributed by atoms with Gasteiger partial charge in [0.2, 0.25) is 0 Å². The summed E-state index contributed by atoms with van der Waals surface area (Å²) in [5, 5.41) is 9.28. The zero-order chi connectivity index (χ0) is 13.7. The van der Waals surface area contributed by atoms with Crippen LogP contribution in [0.1, 0.15) is 25.6 Å². The number of aromatic nitrogens is 2. The van der Waals surface area contributed by atoms with Crippen LogP contribution in [0, 0.1) is 5.92 Å². The van der Waals surface area contributed by atoms with Gasteiger partial charge >= 0.3 is 0 Å². The van der Waals surface area contributed by atoms with Gasteiger partial charge in [-0.25, -0.2) is 9.97 Å². The van der Waals surface area contributed by atoms with Crippen molar-refractivity contribution < 1.29 is 9.84 Å². The first-order valence-electron chi connectivity index (χ1n) is 6.80. The summed E-state index contributed by atoms with van der Waals surface area (Å²) < 4.78 is 5.32. The number of hydrogen-bond acceptors (Lipinski definition) is 6. The fourth-order valence-electron chi connectivity index (χ4n) is 2.35. The molecule has 1 saturated heterocycles. The number of nitrogens with zero attached hydrogens (tertiary/aromatic N) is 3. The van der Waals surface area contributed by atoms with Gasteiger partial charge in [0.25, 0.3) is 0 Å². The molecule has 6 nitrogen and oxygen atoms in total. The number of anilines is 2. The average Bonchev–Trinajstić information content (AvgIpc) is 2.44. The predicted molar refractivity (Wildman–Crippen MR) is 73.8 cm³/mol. The summed E-state index contributed by atoms with van der Waals surface area (Å²) in [6.07, 6.45) is 2.13. The van der Waals surface area contributed by atoms with Gasteiger partial charge in [0.15, 0.2) is 5.82 Å². The monoisotopic (exact) mass is 266 g/mol. The van der Waals surface area contributed by atoms with Crippen molar-refractivity contribution in [3.8, 4) is 0 Å². The van der Waals surface area contributed by atoms with Crippen molar-refractivity contribution in [3.05, 3.63) is 11.9 Å². The van der Waals surface area contributed by atoms with E-state index in [0.29, 0.717) is 30.8 Å². The highest BCUT2D eigenvalue weighted by Crippen LogP contribution is 2.22. The van der Waals surface area contributed by atoms with E-state index in [1.807, 2.05) is 6.92 Å². The Morgan fingerprint density at radius 1 is 1.53 bits per heavy atom. The number of ether oxygens (including phenoxy) is 1. The lowest BCUT2D eigenvalue weighted by atomic mass is 9.99. The Balaban J connectivity index is 2.11. The van der Waals surface area contributed by atoms with Gasteiger partial charge in [0, 0.05) is 32.4 Å². The Hall–Kier alpha value is -1.40. The molecule has 0 saturated carbocycles. The highest BCUT2D eigenvalue weighted by molar-refractivity contribution is 5.47. The van der Waals surface area contributed by atoms with E-state index < -0.39 is 0 Å². The first-order chi connectivity index (χ1) is 9.22. The smallest absolute Gasteiger partial charge is 0.158 e. The van der Waals surface area contributed by atoms with Gasteiger partial charge < -0.3 is 20.5 Å². The summed E-state index contributed by atoms with van der Waals surface area (Å²) in [5.41, 5.74) is 5.82. The fraction of sp³-hybridized carbons (Fsp3) is 0.692. The van der Waals surface area contributed by atoms with Crippen molar-refractivity contribution in [2.24, 2.45) is 5.92 Å². The molecule has 6 heteroatoms. The third kappa shape index (κ3) is 3.78. The maximum Gasteiger partial charge on any atom is 0.158 e. The van der Waals surface area contributed by atoms with Crippen LogP contribution in [-0.4, -0.2) is 41.4 Å². The molecular weight excluding hydrogens is 244 g/mol. The fourth-order valence-corrected chi connectivity index (χ4v) is 2.35. The van der Waals surface area contributed by atoms with E-state index >= 15 is 0 Å². The number of piperidine rings is 1. The quantitative estimate of drug-likeness (QED) is 0.820. The first kappa shape index (κ1) is 14.0. The molecule has 0 bridgehead atoms. The van der Waals surface area contributed by atoms with Crippen LogP contribution in [0.15, 0.2) is 6.07 Å². The van der Waals surface area contributed by atoms with Crippen molar-refractivity contribution in [1.82, 2.24) is 9.97 Å². The van der Waals surface area contributed by atoms with E-state index in [9.17, 15) is 5.11 Å². The normalized spacial score (nSPS) is 19.7. The van der Waals surface area contributed by atoms with Crippen LogP contribution < -0.4 is 10.6 Å². The molecule has 1 unspecified atom stereocenters.